The second kappa shape index (κ2) is 52.0. The lowest BCUT2D eigenvalue weighted by atomic mass is 9.95. The standard InChI is InChI=1S/C13H17F3.C9H20N2.C9H19N.C8H12S.C8H16.C8H14.C7H14/c1-3-5-10-7-11(6-4-2)9-12(8-10)13(14,15)16;1-3-5-11-8-6-10(4-2)7-9-11;1-3-9-5-7-10(4-2)8-6-9;1-3-7-5-6-8(4-2)9-7;2*1-3-5-7-8-6-4-2;1-3-5-7-6-4-2/h7-9H,3-6H2,1-2H3;3-9H2,1-2H3;9H,3-8H2,1-2H3;5-6H,3-4H2,1-2H3;7-8H,3-6H2,1-2H3;3-6H2,1-2H3;5,7H,3-4,6H2,1-2H3/b;;;;8-7+;;7-5-. The Morgan fingerprint density at radius 2 is 0.942 bits per heavy atom. The molecule has 2 fully saturated rings. The molecule has 0 radical (unpaired) electrons. The molecule has 4 rings (SSSR count). The molecule has 0 bridgehead atoms. The molecule has 0 N–H and O–H groups in total. The topological polar surface area (TPSA) is 9.72 Å². The van der Waals surface area contributed by atoms with E-state index in [0.29, 0.717) is 12.8 Å². The molecule has 69 heavy (non-hydrogen) atoms. The van der Waals surface area contributed by atoms with Crippen molar-refractivity contribution in [2.45, 2.75) is 238 Å². The molecule has 402 valence electrons. The summed E-state index contributed by atoms with van der Waals surface area (Å²) in [6.45, 7) is 42.0. The second-order valence-electron chi connectivity index (χ2n) is 18.2. The number of rotatable bonds is 20. The van der Waals surface area contributed by atoms with Crippen LogP contribution in [0.5, 0.6) is 0 Å². The first-order chi connectivity index (χ1) is 33.3. The highest BCUT2D eigenvalue weighted by Gasteiger charge is 2.31. The van der Waals surface area contributed by atoms with E-state index < -0.39 is 11.7 Å². The van der Waals surface area contributed by atoms with E-state index in [1.54, 1.807) is 0 Å². The van der Waals surface area contributed by atoms with Gasteiger partial charge in [-0.1, -0.05) is 166 Å². The number of benzene rings is 1. The number of likely N-dealkylation sites (tertiary alicyclic amines) is 1. The molecule has 1 aromatic heterocycles. The molecule has 0 saturated carbocycles. The van der Waals surface area contributed by atoms with E-state index >= 15 is 0 Å². The number of hydrogen-bond acceptors (Lipinski definition) is 4. The summed E-state index contributed by atoms with van der Waals surface area (Å²) in [7, 11) is 0. The zero-order valence-corrected chi connectivity index (χ0v) is 48.7. The largest absolute Gasteiger partial charge is 0.416 e. The molecule has 7 heteroatoms. The van der Waals surface area contributed by atoms with Crippen molar-refractivity contribution in [2.75, 3.05) is 58.9 Å². The van der Waals surface area contributed by atoms with Gasteiger partial charge in [0.25, 0.3) is 0 Å². The highest BCUT2D eigenvalue weighted by atomic mass is 32.1. The fourth-order valence-corrected chi connectivity index (χ4v) is 8.30. The van der Waals surface area contributed by atoms with Crippen LogP contribution in [0.2, 0.25) is 0 Å². The number of likely N-dealkylation sites (N-methyl/N-ethyl adjacent to an activating group) is 1. The lowest BCUT2D eigenvalue weighted by Gasteiger charge is -2.33. The molecule has 1 aromatic carbocycles. The summed E-state index contributed by atoms with van der Waals surface area (Å²) in [5.74, 6) is 7.20. The number of allylic oxidation sites excluding steroid dienone is 4. The summed E-state index contributed by atoms with van der Waals surface area (Å²) in [4.78, 5) is 10.6. The molecule has 0 atom stereocenters. The summed E-state index contributed by atoms with van der Waals surface area (Å²) in [6, 6.07) is 8.88. The van der Waals surface area contributed by atoms with Crippen LogP contribution in [0.25, 0.3) is 0 Å². The van der Waals surface area contributed by atoms with E-state index in [1.807, 2.05) is 31.3 Å². The van der Waals surface area contributed by atoms with Gasteiger partial charge in [-0.05, 0) is 158 Å². The SMILES string of the molecule is CC/C=C\CCC.CCC/C=C/CCC.CCC1CCN(CC)CC1.CCCC#CCCC.CCCN1CCN(CC)CC1.CCCc1cc(CCC)cc(C(F)(F)F)c1.CCc1ccc(CC)s1. The van der Waals surface area contributed by atoms with Gasteiger partial charge in [-0.15, -0.1) is 23.2 Å². The molecule has 0 unspecified atom stereocenters. The number of unbranched alkanes of at least 4 members (excludes halogenated alkanes) is 5. The van der Waals surface area contributed by atoms with Gasteiger partial charge in [0.05, 0.1) is 5.56 Å². The van der Waals surface area contributed by atoms with Crippen LogP contribution in [-0.4, -0.2) is 73.6 Å². The maximum absolute atomic E-state index is 12.6. The van der Waals surface area contributed by atoms with Crippen LogP contribution in [0.15, 0.2) is 54.6 Å². The van der Waals surface area contributed by atoms with E-state index in [-0.39, 0.29) is 0 Å². The maximum atomic E-state index is 12.6. The fourth-order valence-electron chi connectivity index (χ4n) is 7.40. The van der Waals surface area contributed by atoms with Crippen LogP contribution in [0.4, 0.5) is 13.2 Å². The van der Waals surface area contributed by atoms with Gasteiger partial charge in [0.1, 0.15) is 0 Å². The maximum Gasteiger partial charge on any atom is 0.416 e. The number of thiophene rings is 1. The van der Waals surface area contributed by atoms with Crippen molar-refractivity contribution in [1.29, 1.82) is 0 Å². The molecule has 2 aliphatic rings. The van der Waals surface area contributed by atoms with Crippen LogP contribution in [-0.2, 0) is 31.9 Å². The highest BCUT2D eigenvalue weighted by Crippen LogP contribution is 2.31. The Kier molecular flexibility index (Phi) is 53.4. The summed E-state index contributed by atoms with van der Waals surface area (Å²) < 4.78 is 37.9. The quantitative estimate of drug-likeness (QED) is 0.0967. The average Bonchev–Trinajstić information content (AvgIpc) is 3.85. The van der Waals surface area contributed by atoms with E-state index in [4.69, 9.17) is 0 Å². The third-order valence-corrected chi connectivity index (χ3v) is 13.2. The number of piperazine rings is 1. The number of alkyl halides is 3. The van der Waals surface area contributed by atoms with Crippen molar-refractivity contribution in [3.8, 4) is 11.8 Å². The minimum absolute atomic E-state index is 0.512. The molecule has 2 saturated heterocycles. The molecular weight excluding hydrogens is 876 g/mol. The van der Waals surface area contributed by atoms with E-state index in [9.17, 15) is 13.2 Å². The van der Waals surface area contributed by atoms with Gasteiger partial charge in [0, 0.05) is 48.8 Å². The van der Waals surface area contributed by atoms with Crippen LogP contribution >= 0.6 is 11.3 Å². The predicted molar refractivity (Wildman–Crippen MR) is 307 cm³/mol. The normalized spacial score (nSPS) is 14.2. The van der Waals surface area contributed by atoms with Crippen molar-refractivity contribution < 1.29 is 13.2 Å². The minimum atomic E-state index is -4.23. The Morgan fingerprint density at radius 1 is 0.522 bits per heavy atom. The molecule has 0 aliphatic carbocycles. The van der Waals surface area contributed by atoms with Crippen LogP contribution in [0.1, 0.15) is 233 Å². The van der Waals surface area contributed by atoms with Crippen molar-refractivity contribution in [2.24, 2.45) is 5.92 Å². The Morgan fingerprint density at radius 3 is 1.26 bits per heavy atom. The third-order valence-electron chi connectivity index (χ3n) is 11.9. The minimum Gasteiger partial charge on any atom is -0.304 e. The number of nitrogens with zero attached hydrogens (tertiary/aromatic N) is 3. The van der Waals surface area contributed by atoms with Gasteiger partial charge in [-0.2, -0.15) is 13.2 Å². The van der Waals surface area contributed by atoms with E-state index in [0.717, 1.165) is 42.7 Å². The van der Waals surface area contributed by atoms with Crippen LogP contribution in [0, 0.1) is 17.8 Å². The van der Waals surface area contributed by atoms with Gasteiger partial charge in [0.15, 0.2) is 0 Å². The van der Waals surface area contributed by atoms with Crippen molar-refractivity contribution in [1.82, 2.24) is 14.7 Å². The number of halogens is 3. The monoisotopic (exact) mass is 988 g/mol. The molecule has 2 aromatic rings. The van der Waals surface area contributed by atoms with Gasteiger partial charge in [-0.25, -0.2) is 0 Å². The second-order valence-corrected chi connectivity index (χ2v) is 19.5. The van der Waals surface area contributed by atoms with Gasteiger partial charge < -0.3 is 14.7 Å². The zero-order chi connectivity index (χ0) is 52.4. The molecule has 2 aliphatic heterocycles. The average molecular weight is 989 g/mol. The van der Waals surface area contributed by atoms with Gasteiger partial charge in [-0.3, -0.25) is 0 Å². The lowest BCUT2D eigenvalue weighted by Crippen LogP contribution is -2.46. The molecule has 3 heterocycles. The summed E-state index contributed by atoms with van der Waals surface area (Å²) >= 11 is 1.93. The Labute approximate surface area is 433 Å². The van der Waals surface area contributed by atoms with Crippen LogP contribution < -0.4 is 0 Å². The number of aryl methyl sites for hydroxylation is 4. The van der Waals surface area contributed by atoms with E-state index in [2.05, 4.69) is 146 Å². The first-order valence-corrected chi connectivity index (χ1v) is 29.3. The Hall–Kier alpha value is -2.37. The van der Waals surface area contributed by atoms with Gasteiger partial charge in [0.2, 0.25) is 0 Å². The molecule has 0 spiro atoms. The van der Waals surface area contributed by atoms with Gasteiger partial charge >= 0.3 is 6.18 Å². The number of piperidine rings is 1. The number of hydrogen-bond donors (Lipinski definition) is 0. The van der Waals surface area contributed by atoms with E-state index in [1.165, 1.54) is 177 Å². The van der Waals surface area contributed by atoms with Crippen molar-refractivity contribution in [3.63, 3.8) is 0 Å². The van der Waals surface area contributed by atoms with Crippen molar-refractivity contribution in [3.05, 3.63) is 81.1 Å². The van der Waals surface area contributed by atoms with Crippen molar-refractivity contribution >= 4 is 11.3 Å². The summed E-state index contributed by atoms with van der Waals surface area (Å²) in [5.41, 5.74) is 1.07. The summed E-state index contributed by atoms with van der Waals surface area (Å²) in [6.07, 6.45) is 29.1. The molecular formula is C62H112F3N3S. The summed E-state index contributed by atoms with van der Waals surface area (Å²) in [5, 5.41) is 0. The highest BCUT2D eigenvalue weighted by molar-refractivity contribution is 7.11. The smallest absolute Gasteiger partial charge is 0.304 e. The first-order valence-electron chi connectivity index (χ1n) is 28.5. The Balaban J connectivity index is -0.000000751. The lowest BCUT2D eigenvalue weighted by molar-refractivity contribution is -0.137. The third kappa shape index (κ3) is 44.1. The zero-order valence-electron chi connectivity index (χ0n) is 47.9. The first kappa shape index (κ1) is 70.9. The predicted octanol–water partition coefficient (Wildman–Crippen LogP) is 19.1. The van der Waals surface area contributed by atoms with Crippen LogP contribution in [0.3, 0.4) is 0 Å². The fraction of sp³-hybridized carbons (Fsp3) is 0.742. The Bertz CT molecular complexity index is 1400. The molecule has 0 amide bonds. The molecule has 3 nitrogen and oxygen atoms in total.